The van der Waals surface area contributed by atoms with Gasteiger partial charge in [0.25, 0.3) is 0 Å². The highest BCUT2D eigenvalue weighted by Gasteiger charge is 2.10. The molecule has 18 heavy (non-hydrogen) atoms. The zero-order valence-electron chi connectivity index (χ0n) is 9.61. The van der Waals surface area contributed by atoms with Crippen molar-refractivity contribution in [2.24, 2.45) is 0 Å². The first-order chi connectivity index (χ1) is 8.56. The number of rotatable bonds is 2. The third-order valence-electron chi connectivity index (χ3n) is 2.39. The fourth-order valence-corrected chi connectivity index (χ4v) is 1.69. The summed E-state index contributed by atoms with van der Waals surface area (Å²) in [5.41, 5.74) is 1.47. The van der Waals surface area contributed by atoms with Crippen molar-refractivity contribution in [3.8, 4) is 5.75 Å². The van der Waals surface area contributed by atoms with Crippen LogP contribution in [0.1, 0.15) is 15.9 Å². The van der Waals surface area contributed by atoms with Crippen LogP contribution in [0.4, 0.5) is 0 Å². The van der Waals surface area contributed by atoms with Gasteiger partial charge in [0.05, 0.1) is 15.6 Å². The minimum Gasteiger partial charge on any atom is -0.423 e. The lowest BCUT2D eigenvalue weighted by atomic mass is 10.2. The highest BCUT2D eigenvalue weighted by Crippen LogP contribution is 2.23. The van der Waals surface area contributed by atoms with E-state index < -0.39 is 5.97 Å². The van der Waals surface area contributed by atoms with Gasteiger partial charge in [-0.05, 0) is 37.3 Å². The number of halogens is 2. The predicted molar refractivity (Wildman–Crippen MR) is 72.6 cm³/mol. The molecule has 0 saturated heterocycles. The summed E-state index contributed by atoms with van der Waals surface area (Å²) in [6.45, 7) is 1.96. The second-order valence-corrected chi connectivity index (χ2v) is 4.65. The van der Waals surface area contributed by atoms with Gasteiger partial charge in [0.15, 0.2) is 0 Å². The topological polar surface area (TPSA) is 26.3 Å². The van der Waals surface area contributed by atoms with Crippen LogP contribution in [0, 0.1) is 6.92 Å². The zero-order chi connectivity index (χ0) is 13.1. The average molecular weight is 281 g/mol. The molecular formula is C14H10Cl2O2. The Labute approximate surface area is 115 Å². The normalized spacial score (nSPS) is 10.2. The smallest absolute Gasteiger partial charge is 0.343 e. The van der Waals surface area contributed by atoms with Crippen LogP contribution in [-0.4, -0.2) is 5.97 Å². The Balaban J connectivity index is 2.16. The number of aryl methyl sites for hydroxylation is 1. The van der Waals surface area contributed by atoms with Gasteiger partial charge in [0, 0.05) is 0 Å². The lowest BCUT2D eigenvalue weighted by Crippen LogP contribution is -2.08. The van der Waals surface area contributed by atoms with Crippen LogP contribution in [-0.2, 0) is 0 Å². The fraction of sp³-hybridized carbons (Fsp3) is 0.0714. The van der Waals surface area contributed by atoms with Crippen molar-refractivity contribution < 1.29 is 9.53 Å². The molecule has 0 saturated carbocycles. The van der Waals surface area contributed by atoms with Crippen LogP contribution in [0.5, 0.6) is 5.75 Å². The van der Waals surface area contributed by atoms with Gasteiger partial charge in [-0.3, -0.25) is 0 Å². The van der Waals surface area contributed by atoms with Gasteiger partial charge in [-0.25, -0.2) is 4.79 Å². The largest absolute Gasteiger partial charge is 0.423 e. The summed E-state index contributed by atoms with van der Waals surface area (Å²) >= 11 is 11.6. The SMILES string of the molecule is Cc1ccc(OC(=O)c2ccc(Cl)c(Cl)c2)cc1. The van der Waals surface area contributed by atoms with Crippen LogP contribution in [0.15, 0.2) is 42.5 Å². The minimum absolute atomic E-state index is 0.329. The Hall–Kier alpha value is -1.51. The van der Waals surface area contributed by atoms with Gasteiger partial charge in [-0.2, -0.15) is 0 Å². The second-order valence-electron chi connectivity index (χ2n) is 3.83. The van der Waals surface area contributed by atoms with E-state index in [1.807, 2.05) is 19.1 Å². The minimum atomic E-state index is -0.461. The Kier molecular flexibility index (Phi) is 3.90. The molecule has 4 heteroatoms. The van der Waals surface area contributed by atoms with E-state index in [-0.39, 0.29) is 0 Å². The number of carbonyl (C=O) groups excluding carboxylic acids is 1. The molecular weight excluding hydrogens is 271 g/mol. The van der Waals surface area contributed by atoms with Crippen LogP contribution in [0.3, 0.4) is 0 Å². The summed E-state index contributed by atoms with van der Waals surface area (Å²) < 4.78 is 5.21. The van der Waals surface area contributed by atoms with E-state index in [9.17, 15) is 4.79 Å². The van der Waals surface area contributed by atoms with Crippen molar-refractivity contribution in [2.45, 2.75) is 6.92 Å². The molecule has 0 fully saturated rings. The molecule has 0 atom stereocenters. The molecule has 0 N–H and O–H groups in total. The average Bonchev–Trinajstić information content (AvgIpc) is 2.35. The molecule has 0 unspecified atom stereocenters. The van der Waals surface area contributed by atoms with Gasteiger partial charge in [-0.15, -0.1) is 0 Å². The van der Waals surface area contributed by atoms with Crippen molar-refractivity contribution in [2.75, 3.05) is 0 Å². The van der Waals surface area contributed by atoms with Crippen molar-refractivity contribution in [1.29, 1.82) is 0 Å². The highest BCUT2D eigenvalue weighted by atomic mass is 35.5. The van der Waals surface area contributed by atoms with Gasteiger partial charge in [-0.1, -0.05) is 40.9 Å². The summed E-state index contributed by atoms with van der Waals surface area (Å²) in [4.78, 5) is 11.8. The molecule has 2 aromatic rings. The van der Waals surface area contributed by atoms with E-state index in [2.05, 4.69) is 0 Å². The molecule has 0 spiro atoms. The lowest BCUT2D eigenvalue weighted by molar-refractivity contribution is 0.0735. The molecule has 2 aromatic carbocycles. The van der Waals surface area contributed by atoms with Crippen molar-refractivity contribution >= 4 is 29.2 Å². The third-order valence-corrected chi connectivity index (χ3v) is 3.13. The number of hydrogen-bond acceptors (Lipinski definition) is 2. The van der Waals surface area contributed by atoms with Crippen LogP contribution in [0.2, 0.25) is 10.0 Å². The predicted octanol–water partition coefficient (Wildman–Crippen LogP) is 4.52. The van der Waals surface area contributed by atoms with E-state index >= 15 is 0 Å². The fourth-order valence-electron chi connectivity index (χ4n) is 1.40. The number of benzene rings is 2. The first kappa shape index (κ1) is 12.9. The molecule has 0 aliphatic carbocycles. The maximum atomic E-state index is 11.8. The van der Waals surface area contributed by atoms with E-state index in [4.69, 9.17) is 27.9 Å². The number of hydrogen-bond donors (Lipinski definition) is 0. The standard InChI is InChI=1S/C14H10Cl2O2/c1-9-2-5-11(6-3-9)18-14(17)10-4-7-12(15)13(16)8-10/h2-8H,1H3. The molecule has 0 amide bonds. The van der Waals surface area contributed by atoms with Crippen LogP contribution < -0.4 is 4.74 Å². The molecule has 0 radical (unpaired) electrons. The van der Waals surface area contributed by atoms with Gasteiger partial charge >= 0.3 is 5.97 Å². The summed E-state index contributed by atoms with van der Waals surface area (Å²) in [6, 6.07) is 11.9. The maximum absolute atomic E-state index is 11.8. The van der Waals surface area contributed by atoms with E-state index in [1.165, 1.54) is 6.07 Å². The van der Waals surface area contributed by atoms with Crippen molar-refractivity contribution in [3.05, 3.63) is 63.6 Å². The number of esters is 1. The molecule has 0 aromatic heterocycles. The lowest BCUT2D eigenvalue weighted by Gasteiger charge is -2.05. The van der Waals surface area contributed by atoms with Crippen LogP contribution >= 0.6 is 23.2 Å². The Morgan fingerprint density at radius 1 is 1.00 bits per heavy atom. The second kappa shape index (κ2) is 5.42. The summed E-state index contributed by atoms with van der Waals surface area (Å²) in [5.74, 6) is 0.0362. The highest BCUT2D eigenvalue weighted by molar-refractivity contribution is 6.42. The van der Waals surface area contributed by atoms with Gasteiger partial charge in [0.2, 0.25) is 0 Å². The van der Waals surface area contributed by atoms with Crippen molar-refractivity contribution in [3.63, 3.8) is 0 Å². The molecule has 2 rings (SSSR count). The molecule has 0 heterocycles. The molecule has 92 valence electrons. The maximum Gasteiger partial charge on any atom is 0.343 e. The van der Waals surface area contributed by atoms with E-state index in [1.54, 1.807) is 24.3 Å². The third kappa shape index (κ3) is 3.03. The molecule has 2 nitrogen and oxygen atoms in total. The first-order valence-electron chi connectivity index (χ1n) is 5.30. The number of carbonyl (C=O) groups is 1. The summed E-state index contributed by atoms with van der Waals surface area (Å²) in [5, 5.41) is 0.735. The monoisotopic (exact) mass is 280 g/mol. The first-order valence-corrected chi connectivity index (χ1v) is 6.06. The van der Waals surface area contributed by atoms with E-state index in [0.717, 1.165) is 5.56 Å². The van der Waals surface area contributed by atoms with Gasteiger partial charge in [0.1, 0.15) is 5.75 Å². The quantitative estimate of drug-likeness (QED) is 0.597. The van der Waals surface area contributed by atoms with Crippen molar-refractivity contribution in [1.82, 2.24) is 0 Å². The Morgan fingerprint density at radius 3 is 2.28 bits per heavy atom. The summed E-state index contributed by atoms with van der Waals surface area (Å²) in [6.07, 6.45) is 0. The zero-order valence-corrected chi connectivity index (χ0v) is 11.1. The Morgan fingerprint density at radius 2 is 1.67 bits per heavy atom. The number of ether oxygens (including phenoxy) is 1. The Bertz CT molecular complexity index is 577. The van der Waals surface area contributed by atoms with Crippen LogP contribution in [0.25, 0.3) is 0 Å². The van der Waals surface area contributed by atoms with E-state index in [0.29, 0.717) is 21.4 Å². The van der Waals surface area contributed by atoms with Gasteiger partial charge < -0.3 is 4.74 Å². The molecule has 0 aliphatic heterocycles. The molecule has 0 bridgehead atoms. The summed E-state index contributed by atoms with van der Waals surface area (Å²) in [7, 11) is 0. The molecule has 0 aliphatic rings.